The Labute approximate surface area is 148 Å². The summed E-state index contributed by atoms with van der Waals surface area (Å²) in [5.41, 5.74) is 3.72. The lowest BCUT2D eigenvalue weighted by molar-refractivity contribution is 0.0947. The highest BCUT2D eigenvalue weighted by Crippen LogP contribution is 2.21. The van der Waals surface area contributed by atoms with Crippen LogP contribution in [0.3, 0.4) is 0 Å². The quantitative estimate of drug-likeness (QED) is 0.861. The van der Waals surface area contributed by atoms with Crippen molar-refractivity contribution >= 4 is 15.7 Å². The molecule has 25 heavy (non-hydrogen) atoms. The molecule has 0 saturated carbocycles. The number of fused-ring (bicyclic) bond motifs is 1. The lowest BCUT2D eigenvalue weighted by atomic mass is 10.1. The van der Waals surface area contributed by atoms with Crippen LogP contribution in [0.1, 0.15) is 40.9 Å². The van der Waals surface area contributed by atoms with Crippen LogP contribution in [0.5, 0.6) is 0 Å². The van der Waals surface area contributed by atoms with E-state index >= 15 is 0 Å². The molecular formula is C19H22N2O3S. The van der Waals surface area contributed by atoms with Gasteiger partial charge in [0.25, 0.3) is 5.91 Å². The number of hydrogen-bond donors (Lipinski definition) is 2. The highest BCUT2D eigenvalue weighted by atomic mass is 32.2. The van der Waals surface area contributed by atoms with E-state index < -0.39 is 15.1 Å². The molecule has 6 heteroatoms. The van der Waals surface area contributed by atoms with Gasteiger partial charge in [-0.3, -0.25) is 4.79 Å². The van der Waals surface area contributed by atoms with Crippen LogP contribution >= 0.6 is 0 Å². The molecule has 1 heterocycles. The van der Waals surface area contributed by atoms with Gasteiger partial charge in [-0.05, 0) is 42.7 Å². The smallest absolute Gasteiger partial charge is 0.252 e. The predicted octanol–water partition coefficient (Wildman–Crippen LogP) is 2.40. The third-order valence-electron chi connectivity index (χ3n) is 4.41. The minimum absolute atomic E-state index is 0.0839. The number of amides is 1. The second-order valence-corrected chi connectivity index (χ2v) is 8.95. The number of benzene rings is 2. The van der Waals surface area contributed by atoms with Crippen molar-refractivity contribution in [2.75, 3.05) is 0 Å². The maximum atomic E-state index is 12.6. The molecule has 1 aliphatic rings. The maximum absolute atomic E-state index is 12.6. The number of hydrogen-bond acceptors (Lipinski definition) is 4. The molecule has 0 radical (unpaired) electrons. The first-order chi connectivity index (χ1) is 11.9. The zero-order chi connectivity index (χ0) is 18.0. The number of carbonyl (C=O) groups is 1. The first-order valence-electron chi connectivity index (χ1n) is 8.32. The van der Waals surface area contributed by atoms with Gasteiger partial charge in [-0.2, -0.15) is 0 Å². The van der Waals surface area contributed by atoms with Crippen molar-refractivity contribution in [3.63, 3.8) is 0 Å². The molecule has 1 aliphatic heterocycles. The summed E-state index contributed by atoms with van der Waals surface area (Å²) in [6.07, 6.45) is 0. The van der Waals surface area contributed by atoms with Crippen molar-refractivity contribution in [2.24, 2.45) is 0 Å². The SMILES string of the molecule is CC(C)S(=O)(=O)c1ccccc1C(=O)NCc1ccc2c(c1)CNC2. The third kappa shape index (κ3) is 3.60. The van der Waals surface area contributed by atoms with Crippen molar-refractivity contribution in [2.45, 2.75) is 43.6 Å². The van der Waals surface area contributed by atoms with Crippen LogP contribution in [0.4, 0.5) is 0 Å². The lowest BCUT2D eigenvalue weighted by Gasteiger charge is -2.13. The highest BCUT2D eigenvalue weighted by Gasteiger charge is 2.25. The molecule has 1 amide bonds. The zero-order valence-corrected chi connectivity index (χ0v) is 15.2. The minimum Gasteiger partial charge on any atom is -0.348 e. The summed E-state index contributed by atoms with van der Waals surface area (Å²) in [6.45, 7) is 5.31. The van der Waals surface area contributed by atoms with Crippen LogP contribution in [0.15, 0.2) is 47.4 Å². The Hall–Kier alpha value is -2.18. The van der Waals surface area contributed by atoms with Gasteiger partial charge >= 0.3 is 0 Å². The van der Waals surface area contributed by atoms with Crippen molar-refractivity contribution < 1.29 is 13.2 Å². The number of carbonyl (C=O) groups excluding carboxylic acids is 1. The first-order valence-corrected chi connectivity index (χ1v) is 9.87. The fourth-order valence-corrected chi connectivity index (χ4v) is 4.14. The van der Waals surface area contributed by atoms with Gasteiger partial charge in [-0.25, -0.2) is 8.42 Å². The Morgan fingerprint density at radius 2 is 1.84 bits per heavy atom. The van der Waals surface area contributed by atoms with E-state index in [4.69, 9.17) is 0 Å². The Balaban J connectivity index is 1.78. The molecular weight excluding hydrogens is 336 g/mol. The van der Waals surface area contributed by atoms with Gasteiger partial charge in [0.1, 0.15) is 0 Å². The monoisotopic (exact) mass is 358 g/mol. The van der Waals surface area contributed by atoms with Crippen molar-refractivity contribution in [3.05, 3.63) is 64.7 Å². The summed E-state index contributed by atoms with van der Waals surface area (Å²) in [6, 6.07) is 12.5. The molecule has 0 saturated heterocycles. The normalized spacial score (nSPS) is 13.7. The molecule has 0 spiro atoms. The molecule has 0 aliphatic carbocycles. The third-order valence-corrected chi connectivity index (χ3v) is 6.62. The van der Waals surface area contributed by atoms with Crippen LogP contribution in [0.2, 0.25) is 0 Å². The topological polar surface area (TPSA) is 75.3 Å². The van der Waals surface area contributed by atoms with E-state index in [1.165, 1.54) is 17.2 Å². The van der Waals surface area contributed by atoms with E-state index in [9.17, 15) is 13.2 Å². The molecule has 5 nitrogen and oxygen atoms in total. The fraction of sp³-hybridized carbons (Fsp3) is 0.316. The maximum Gasteiger partial charge on any atom is 0.252 e. The summed E-state index contributed by atoms with van der Waals surface area (Å²) in [4.78, 5) is 12.6. The van der Waals surface area contributed by atoms with Gasteiger partial charge in [0.15, 0.2) is 9.84 Å². The fourth-order valence-electron chi connectivity index (χ4n) is 2.89. The molecule has 0 atom stereocenters. The van der Waals surface area contributed by atoms with E-state index in [1.807, 2.05) is 6.07 Å². The minimum atomic E-state index is -3.51. The lowest BCUT2D eigenvalue weighted by Crippen LogP contribution is -2.26. The molecule has 0 fully saturated rings. The van der Waals surface area contributed by atoms with Crippen molar-refractivity contribution in [3.8, 4) is 0 Å². The summed E-state index contributed by atoms with van der Waals surface area (Å²) in [5, 5.41) is 5.54. The van der Waals surface area contributed by atoms with Gasteiger partial charge in [0.05, 0.1) is 15.7 Å². The molecule has 0 aromatic heterocycles. The van der Waals surface area contributed by atoms with Gasteiger partial charge < -0.3 is 10.6 Å². The summed E-state index contributed by atoms with van der Waals surface area (Å²) >= 11 is 0. The van der Waals surface area contributed by atoms with Crippen LogP contribution in [-0.4, -0.2) is 19.6 Å². The average Bonchev–Trinajstić information content (AvgIpc) is 3.07. The number of nitrogens with one attached hydrogen (secondary N) is 2. The molecule has 2 aromatic carbocycles. The first kappa shape index (κ1) is 17.6. The van der Waals surface area contributed by atoms with Crippen LogP contribution < -0.4 is 10.6 Å². The standard InChI is InChI=1S/C19H22N2O3S/c1-13(2)25(23,24)18-6-4-3-5-17(18)19(22)21-10-14-7-8-15-11-20-12-16(15)9-14/h3-9,13,20H,10-12H2,1-2H3,(H,21,22). The predicted molar refractivity (Wildman–Crippen MR) is 96.9 cm³/mol. The van der Waals surface area contributed by atoms with E-state index in [0.717, 1.165) is 18.7 Å². The Morgan fingerprint density at radius 3 is 2.60 bits per heavy atom. The van der Waals surface area contributed by atoms with E-state index in [2.05, 4.69) is 22.8 Å². The van der Waals surface area contributed by atoms with Crippen LogP contribution in [0.25, 0.3) is 0 Å². The largest absolute Gasteiger partial charge is 0.348 e. The van der Waals surface area contributed by atoms with Gasteiger partial charge in [-0.1, -0.05) is 30.3 Å². The summed E-state index contributed by atoms with van der Waals surface area (Å²) in [7, 11) is -3.51. The molecule has 0 unspecified atom stereocenters. The molecule has 132 valence electrons. The zero-order valence-electron chi connectivity index (χ0n) is 14.4. The Kier molecular flexibility index (Phi) is 4.92. The molecule has 0 bridgehead atoms. The Morgan fingerprint density at radius 1 is 1.12 bits per heavy atom. The van der Waals surface area contributed by atoms with Gasteiger partial charge in [0.2, 0.25) is 0 Å². The van der Waals surface area contributed by atoms with Gasteiger partial charge in [-0.15, -0.1) is 0 Å². The number of rotatable bonds is 5. The van der Waals surface area contributed by atoms with Crippen molar-refractivity contribution in [1.82, 2.24) is 10.6 Å². The second kappa shape index (κ2) is 6.98. The second-order valence-electron chi connectivity index (χ2n) is 6.48. The average molecular weight is 358 g/mol. The van der Waals surface area contributed by atoms with E-state index in [1.54, 1.807) is 32.0 Å². The molecule has 3 rings (SSSR count). The summed E-state index contributed by atoms with van der Waals surface area (Å²) < 4.78 is 24.9. The molecule has 2 aromatic rings. The van der Waals surface area contributed by atoms with Crippen LogP contribution in [0, 0.1) is 0 Å². The van der Waals surface area contributed by atoms with E-state index in [0.29, 0.717) is 6.54 Å². The highest BCUT2D eigenvalue weighted by molar-refractivity contribution is 7.92. The summed E-state index contributed by atoms with van der Waals surface area (Å²) in [5.74, 6) is -0.376. The van der Waals surface area contributed by atoms with E-state index in [-0.39, 0.29) is 16.4 Å². The molecule has 2 N–H and O–H groups in total. The van der Waals surface area contributed by atoms with Gasteiger partial charge in [0, 0.05) is 19.6 Å². The van der Waals surface area contributed by atoms with Crippen LogP contribution in [-0.2, 0) is 29.5 Å². The number of sulfone groups is 1. The Bertz CT molecular complexity index is 905. The van der Waals surface area contributed by atoms with Crippen molar-refractivity contribution in [1.29, 1.82) is 0 Å².